The van der Waals surface area contributed by atoms with Gasteiger partial charge < -0.3 is 9.64 Å². The van der Waals surface area contributed by atoms with E-state index < -0.39 is 6.17 Å². The first-order valence-corrected chi connectivity index (χ1v) is 9.47. The predicted molar refractivity (Wildman–Crippen MR) is 91.9 cm³/mol. The van der Waals surface area contributed by atoms with Crippen LogP contribution in [0, 0.1) is 12.8 Å². The standard InChI is InChI=1S/C17H24FN3O3S/c1-11-15(25-10-19-11)8-21-6-13(18)5-14(21)7-20(2)16(22)3-12-4-17(23)24-9-12/h10,12-14H,3-9H2,1-2H3/t12-,13+,14+/m1/s1. The normalized spacial score (nSPS) is 26.8. The predicted octanol–water partition coefficient (Wildman–Crippen LogP) is 1.78. The molecular formula is C17H24FN3O3S. The third kappa shape index (κ3) is 4.55. The van der Waals surface area contributed by atoms with Gasteiger partial charge >= 0.3 is 5.97 Å². The van der Waals surface area contributed by atoms with Crippen molar-refractivity contribution < 1.29 is 18.7 Å². The van der Waals surface area contributed by atoms with Gasteiger partial charge in [0.15, 0.2) is 0 Å². The van der Waals surface area contributed by atoms with Crippen molar-refractivity contribution in [3.8, 4) is 0 Å². The molecule has 2 fully saturated rings. The molecule has 1 aromatic heterocycles. The summed E-state index contributed by atoms with van der Waals surface area (Å²) in [6.07, 6.45) is 0.206. The molecule has 8 heteroatoms. The quantitative estimate of drug-likeness (QED) is 0.715. The SMILES string of the molecule is Cc1ncsc1CN1C[C@@H](F)C[C@H]1CN(C)C(=O)C[C@H]1COC(=O)C1. The molecule has 0 unspecified atom stereocenters. The summed E-state index contributed by atoms with van der Waals surface area (Å²) in [4.78, 5) is 32.7. The lowest BCUT2D eigenvalue weighted by atomic mass is 10.0. The fourth-order valence-electron chi connectivity index (χ4n) is 3.48. The van der Waals surface area contributed by atoms with Crippen molar-refractivity contribution in [2.24, 2.45) is 5.92 Å². The number of halogens is 1. The third-order valence-corrected chi connectivity index (χ3v) is 5.90. The van der Waals surface area contributed by atoms with E-state index in [-0.39, 0.29) is 23.8 Å². The smallest absolute Gasteiger partial charge is 0.306 e. The Morgan fingerprint density at radius 1 is 1.56 bits per heavy atom. The number of rotatable bonds is 6. The number of esters is 1. The van der Waals surface area contributed by atoms with Gasteiger partial charge in [-0.1, -0.05) is 0 Å². The highest BCUT2D eigenvalue weighted by atomic mass is 32.1. The average molecular weight is 369 g/mol. The van der Waals surface area contributed by atoms with Crippen LogP contribution in [0.5, 0.6) is 0 Å². The summed E-state index contributed by atoms with van der Waals surface area (Å²) in [7, 11) is 1.75. The molecule has 2 aliphatic heterocycles. The second-order valence-electron chi connectivity index (χ2n) is 7.01. The summed E-state index contributed by atoms with van der Waals surface area (Å²) in [5.74, 6) is -0.280. The Bertz CT molecular complexity index is 638. The van der Waals surface area contributed by atoms with Gasteiger partial charge in [-0.2, -0.15) is 0 Å². The average Bonchev–Trinajstić information content (AvgIpc) is 3.23. The zero-order valence-corrected chi connectivity index (χ0v) is 15.4. The number of hydrogen-bond acceptors (Lipinski definition) is 6. The molecule has 0 radical (unpaired) electrons. The van der Waals surface area contributed by atoms with Gasteiger partial charge in [-0.3, -0.25) is 14.5 Å². The van der Waals surface area contributed by atoms with Crippen LogP contribution in [0.2, 0.25) is 0 Å². The molecule has 0 aromatic carbocycles. The Hall–Kier alpha value is -1.54. The molecule has 25 heavy (non-hydrogen) atoms. The number of carbonyl (C=O) groups excluding carboxylic acids is 2. The second kappa shape index (κ2) is 7.78. The fourth-order valence-corrected chi connectivity index (χ4v) is 4.29. The maximum absolute atomic E-state index is 14.0. The minimum absolute atomic E-state index is 0.00640. The van der Waals surface area contributed by atoms with E-state index in [1.807, 2.05) is 12.4 Å². The molecule has 3 rings (SSSR count). The Morgan fingerprint density at radius 2 is 2.36 bits per heavy atom. The molecular weight excluding hydrogens is 345 g/mol. The van der Waals surface area contributed by atoms with E-state index in [9.17, 15) is 14.0 Å². The van der Waals surface area contributed by atoms with Crippen LogP contribution in [0.3, 0.4) is 0 Å². The molecule has 2 saturated heterocycles. The molecule has 1 amide bonds. The number of hydrogen-bond donors (Lipinski definition) is 0. The number of likely N-dealkylation sites (tertiary alicyclic amines) is 1. The molecule has 1 aromatic rings. The van der Waals surface area contributed by atoms with Crippen molar-refractivity contribution in [3.63, 3.8) is 0 Å². The van der Waals surface area contributed by atoms with E-state index in [0.717, 1.165) is 10.6 Å². The van der Waals surface area contributed by atoms with Crippen LogP contribution in [-0.2, 0) is 20.9 Å². The summed E-state index contributed by atoms with van der Waals surface area (Å²) >= 11 is 1.58. The topological polar surface area (TPSA) is 62.7 Å². The number of cyclic esters (lactones) is 1. The third-order valence-electron chi connectivity index (χ3n) is 4.98. The van der Waals surface area contributed by atoms with Crippen molar-refractivity contribution in [2.75, 3.05) is 26.7 Å². The van der Waals surface area contributed by atoms with Gasteiger partial charge in [0.2, 0.25) is 5.91 Å². The molecule has 0 N–H and O–H groups in total. The Kier molecular flexibility index (Phi) is 5.68. The maximum Gasteiger partial charge on any atom is 0.306 e. The van der Waals surface area contributed by atoms with Crippen LogP contribution in [0.15, 0.2) is 5.51 Å². The molecule has 6 nitrogen and oxygen atoms in total. The zero-order valence-electron chi connectivity index (χ0n) is 14.6. The van der Waals surface area contributed by atoms with Gasteiger partial charge in [0.05, 0.1) is 24.2 Å². The van der Waals surface area contributed by atoms with Gasteiger partial charge in [-0.25, -0.2) is 9.37 Å². The molecule has 3 atom stereocenters. The maximum atomic E-state index is 14.0. The van der Waals surface area contributed by atoms with Crippen molar-refractivity contribution in [1.29, 1.82) is 0 Å². The minimum atomic E-state index is -0.859. The summed E-state index contributed by atoms with van der Waals surface area (Å²) in [6, 6.07) is 0.00640. The summed E-state index contributed by atoms with van der Waals surface area (Å²) in [6.45, 7) is 3.86. The molecule has 2 aliphatic rings. The van der Waals surface area contributed by atoms with E-state index in [1.165, 1.54) is 0 Å². The summed E-state index contributed by atoms with van der Waals surface area (Å²) in [5, 5.41) is 0. The van der Waals surface area contributed by atoms with E-state index >= 15 is 0 Å². The number of likely N-dealkylation sites (N-methyl/N-ethyl adjacent to an activating group) is 1. The molecule has 138 valence electrons. The Balaban J connectivity index is 1.54. The summed E-state index contributed by atoms with van der Waals surface area (Å²) in [5.41, 5.74) is 2.80. The highest BCUT2D eigenvalue weighted by Crippen LogP contribution is 2.26. The Morgan fingerprint density at radius 3 is 3.00 bits per heavy atom. The molecule has 0 saturated carbocycles. The van der Waals surface area contributed by atoms with E-state index in [1.54, 1.807) is 23.3 Å². The number of aromatic nitrogens is 1. The van der Waals surface area contributed by atoms with E-state index in [2.05, 4.69) is 9.88 Å². The van der Waals surface area contributed by atoms with E-state index in [4.69, 9.17) is 4.74 Å². The number of aryl methyl sites for hydroxylation is 1. The lowest BCUT2D eigenvalue weighted by molar-refractivity contribution is -0.138. The van der Waals surface area contributed by atoms with Crippen LogP contribution in [0.25, 0.3) is 0 Å². The number of carbonyl (C=O) groups is 2. The zero-order chi connectivity index (χ0) is 18.0. The molecule has 0 spiro atoms. The lowest BCUT2D eigenvalue weighted by Crippen LogP contribution is -2.41. The highest BCUT2D eigenvalue weighted by molar-refractivity contribution is 7.09. The first kappa shape index (κ1) is 18.3. The molecule has 0 bridgehead atoms. The van der Waals surface area contributed by atoms with Crippen molar-refractivity contribution in [2.45, 2.75) is 44.9 Å². The summed E-state index contributed by atoms with van der Waals surface area (Å²) < 4.78 is 18.9. The van der Waals surface area contributed by atoms with E-state index in [0.29, 0.717) is 45.5 Å². The van der Waals surface area contributed by atoms with Crippen LogP contribution < -0.4 is 0 Å². The Labute approximate surface area is 151 Å². The first-order valence-electron chi connectivity index (χ1n) is 8.59. The van der Waals surface area contributed by atoms with Gasteiger partial charge in [-0.05, 0) is 13.3 Å². The number of amides is 1. The van der Waals surface area contributed by atoms with Gasteiger partial charge in [0.25, 0.3) is 0 Å². The van der Waals surface area contributed by atoms with Crippen molar-refractivity contribution >= 4 is 23.2 Å². The fraction of sp³-hybridized carbons (Fsp3) is 0.706. The van der Waals surface area contributed by atoms with Gasteiger partial charge in [-0.15, -0.1) is 11.3 Å². The number of alkyl halides is 1. The minimum Gasteiger partial charge on any atom is -0.465 e. The van der Waals surface area contributed by atoms with Crippen LogP contribution in [-0.4, -0.2) is 65.6 Å². The second-order valence-corrected chi connectivity index (χ2v) is 7.95. The number of thiazole rings is 1. The van der Waals surface area contributed by atoms with Crippen molar-refractivity contribution in [1.82, 2.24) is 14.8 Å². The molecule has 3 heterocycles. The van der Waals surface area contributed by atoms with Crippen LogP contribution in [0.1, 0.15) is 29.8 Å². The first-order chi connectivity index (χ1) is 11.9. The largest absolute Gasteiger partial charge is 0.465 e. The number of nitrogens with zero attached hydrogens (tertiary/aromatic N) is 3. The van der Waals surface area contributed by atoms with Crippen molar-refractivity contribution in [3.05, 3.63) is 16.1 Å². The van der Waals surface area contributed by atoms with Crippen LogP contribution >= 0.6 is 11.3 Å². The monoisotopic (exact) mass is 369 g/mol. The van der Waals surface area contributed by atoms with Gasteiger partial charge in [0, 0.05) is 49.9 Å². The lowest BCUT2D eigenvalue weighted by Gasteiger charge is -2.28. The van der Waals surface area contributed by atoms with Gasteiger partial charge in [0.1, 0.15) is 6.17 Å². The number of ether oxygens (including phenoxy) is 1. The van der Waals surface area contributed by atoms with Crippen LogP contribution in [0.4, 0.5) is 4.39 Å². The highest BCUT2D eigenvalue weighted by Gasteiger charge is 2.34. The molecule has 0 aliphatic carbocycles.